The number of nitrogens with one attached hydrogen (secondary N) is 1. The molecule has 174 valence electrons. The van der Waals surface area contributed by atoms with E-state index >= 15 is 0 Å². The fourth-order valence-corrected chi connectivity index (χ4v) is 5.14. The van der Waals surface area contributed by atoms with Crippen LogP contribution in [0.5, 0.6) is 0 Å². The summed E-state index contributed by atoms with van der Waals surface area (Å²) in [6.07, 6.45) is 5.06. The Balaban J connectivity index is 1.41. The molecule has 0 aliphatic carbocycles. The van der Waals surface area contributed by atoms with E-state index in [0.717, 1.165) is 35.6 Å². The van der Waals surface area contributed by atoms with Crippen molar-refractivity contribution >= 4 is 45.5 Å². The largest absolute Gasteiger partial charge is 0.462 e. The number of aryl methyl sites for hydroxylation is 2. The van der Waals surface area contributed by atoms with Crippen LogP contribution >= 0.6 is 11.8 Å². The van der Waals surface area contributed by atoms with Gasteiger partial charge in [0.05, 0.1) is 10.6 Å². The average molecular weight is 488 g/mol. The zero-order valence-electron chi connectivity index (χ0n) is 18.6. The third-order valence-corrected chi connectivity index (χ3v) is 7.87. The van der Waals surface area contributed by atoms with Crippen LogP contribution in [0.25, 0.3) is 12.2 Å². The number of carbonyl (C=O) groups excluding carboxylic acids is 1. The number of aromatic amines is 1. The molecule has 2 aromatic heterocycles. The van der Waals surface area contributed by atoms with E-state index in [2.05, 4.69) is 15.2 Å². The van der Waals surface area contributed by atoms with Crippen molar-refractivity contribution in [3.05, 3.63) is 53.2 Å². The summed E-state index contributed by atoms with van der Waals surface area (Å²) in [6, 6.07) is 8.70. The van der Waals surface area contributed by atoms with Crippen molar-refractivity contribution in [1.29, 1.82) is 0 Å². The Labute approximate surface area is 196 Å². The molecule has 4 rings (SSSR count). The number of fused-ring (bicyclic) bond motifs is 1. The van der Waals surface area contributed by atoms with Crippen LogP contribution in [-0.2, 0) is 21.2 Å². The molecule has 1 aromatic carbocycles. The first-order valence-corrected chi connectivity index (χ1v) is 12.8. The van der Waals surface area contributed by atoms with E-state index in [9.17, 15) is 13.2 Å². The Hall–Kier alpha value is -2.89. The number of hydrogen-bond donors (Lipinski definition) is 1. The molecule has 11 heteroatoms. The van der Waals surface area contributed by atoms with Gasteiger partial charge in [0, 0.05) is 26.3 Å². The Morgan fingerprint density at radius 1 is 1.27 bits per heavy atom. The normalized spacial score (nSPS) is 14.2. The third-order valence-electron chi connectivity index (χ3n) is 5.22. The van der Waals surface area contributed by atoms with E-state index in [1.54, 1.807) is 35.3 Å². The number of sulfonamides is 1. The van der Waals surface area contributed by atoms with Gasteiger partial charge in [-0.15, -0.1) is 5.10 Å². The lowest BCUT2D eigenvalue weighted by molar-refractivity contribution is -0.116. The van der Waals surface area contributed by atoms with Crippen LogP contribution in [0, 0.1) is 6.92 Å². The van der Waals surface area contributed by atoms with E-state index in [1.165, 1.54) is 30.2 Å². The number of H-pyrrole nitrogens is 1. The second kappa shape index (κ2) is 9.54. The first-order chi connectivity index (χ1) is 15.7. The minimum Gasteiger partial charge on any atom is -0.462 e. The van der Waals surface area contributed by atoms with Crippen LogP contribution in [-0.4, -0.2) is 60.2 Å². The summed E-state index contributed by atoms with van der Waals surface area (Å²) in [7, 11) is -0.511. The van der Waals surface area contributed by atoms with E-state index in [-0.39, 0.29) is 16.6 Å². The Bertz CT molecular complexity index is 1290. The van der Waals surface area contributed by atoms with Crippen LogP contribution in [0.1, 0.15) is 29.3 Å². The van der Waals surface area contributed by atoms with Gasteiger partial charge in [-0.2, -0.15) is 0 Å². The monoisotopic (exact) mass is 487 g/mol. The highest BCUT2D eigenvalue weighted by Gasteiger charge is 2.26. The maximum Gasteiger partial charge on any atom is 0.242 e. The predicted molar refractivity (Wildman–Crippen MR) is 127 cm³/mol. The molecule has 1 aliphatic heterocycles. The van der Waals surface area contributed by atoms with Gasteiger partial charge in [-0.25, -0.2) is 17.7 Å². The van der Waals surface area contributed by atoms with E-state index < -0.39 is 10.0 Å². The smallest absolute Gasteiger partial charge is 0.242 e. The average Bonchev–Trinajstić information content (AvgIpc) is 3.43. The van der Waals surface area contributed by atoms with Crippen molar-refractivity contribution in [1.82, 2.24) is 19.5 Å². The standard InChI is InChI=1S/C22H25N5O4S2/c1-15-6-7-17(31-15)8-11-20-23-22(25-24-20)32-14-21(28)27-12-4-5-16-13-18(9-10-19(16)27)33(29,30)26(2)3/h6-11,13H,4-5,12,14H2,1-3H3,(H,23,24,25). The molecule has 33 heavy (non-hydrogen) atoms. The van der Waals surface area contributed by atoms with Crippen molar-refractivity contribution in [3.63, 3.8) is 0 Å². The maximum atomic E-state index is 12.9. The molecule has 0 fully saturated rings. The molecule has 1 amide bonds. The molecular weight excluding hydrogens is 462 g/mol. The van der Waals surface area contributed by atoms with E-state index in [0.29, 0.717) is 17.5 Å². The molecule has 1 aliphatic rings. The molecule has 0 atom stereocenters. The number of aromatic nitrogens is 3. The lowest BCUT2D eigenvalue weighted by Crippen LogP contribution is -2.37. The minimum absolute atomic E-state index is 0.0721. The molecule has 0 unspecified atom stereocenters. The minimum atomic E-state index is -3.52. The summed E-state index contributed by atoms with van der Waals surface area (Å²) >= 11 is 1.25. The maximum absolute atomic E-state index is 12.9. The lowest BCUT2D eigenvalue weighted by Gasteiger charge is -2.30. The summed E-state index contributed by atoms with van der Waals surface area (Å²) in [6.45, 7) is 2.47. The molecule has 0 bridgehead atoms. The van der Waals surface area contributed by atoms with E-state index in [1.807, 2.05) is 19.1 Å². The Morgan fingerprint density at radius 2 is 2.09 bits per heavy atom. The molecule has 1 N–H and O–H groups in total. The number of carbonyl (C=O) groups is 1. The molecule has 0 saturated heterocycles. The van der Waals surface area contributed by atoms with Gasteiger partial charge in [0.2, 0.25) is 21.1 Å². The van der Waals surface area contributed by atoms with Crippen LogP contribution in [0.15, 0.2) is 44.8 Å². The third kappa shape index (κ3) is 5.21. The number of benzene rings is 1. The molecule has 0 radical (unpaired) electrons. The summed E-state index contributed by atoms with van der Waals surface area (Å²) < 4.78 is 31.5. The van der Waals surface area contributed by atoms with Crippen LogP contribution in [0.2, 0.25) is 0 Å². The van der Waals surface area contributed by atoms with E-state index in [4.69, 9.17) is 4.42 Å². The quantitative estimate of drug-likeness (QED) is 0.509. The second-order valence-corrected chi connectivity index (χ2v) is 10.9. The summed E-state index contributed by atoms with van der Waals surface area (Å²) in [5.74, 6) is 2.22. The fourth-order valence-electron chi connectivity index (χ4n) is 3.51. The molecule has 0 saturated carbocycles. The number of amides is 1. The molecule has 9 nitrogen and oxygen atoms in total. The van der Waals surface area contributed by atoms with Crippen molar-refractivity contribution in [3.8, 4) is 0 Å². The first-order valence-electron chi connectivity index (χ1n) is 10.4. The van der Waals surface area contributed by atoms with Gasteiger partial charge in [0.1, 0.15) is 17.3 Å². The SMILES string of the molecule is Cc1ccc(C=Cc2nc(SCC(=O)N3CCCc4cc(S(=O)(=O)N(C)C)ccc43)n[nH]2)o1. The number of hydrogen-bond acceptors (Lipinski definition) is 7. The number of furan rings is 1. The fraction of sp³-hybridized carbons (Fsp3) is 0.318. The Morgan fingerprint density at radius 3 is 2.82 bits per heavy atom. The lowest BCUT2D eigenvalue weighted by atomic mass is 10.0. The molecule has 0 spiro atoms. The van der Waals surface area contributed by atoms with Crippen molar-refractivity contribution in [2.24, 2.45) is 0 Å². The number of thioether (sulfide) groups is 1. The number of nitrogens with zero attached hydrogens (tertiary/aromatic N) is 4. The van der Waals surface area contributed by atoms with Crippen LogP contribution < -0.4 is 4.90 Å². The molecular formula is C22H25N5O4S2. The van der Waals surface area contributed by atoms with Gasteiger partial charge in [-0.1, -0.05) is 11.8 Å². The highest BCUT2D eigenvalue weighted by molar-refractivity contribution is 7.99. The molecule has 3 aromatic rings. The zero-order valence-corrected chi connectivity index (χ0v) is 20.2. The summed E-state index contributed by atoms with van der Waals surface area (Å²) in [4.78, 5) is 19.3. The Kier molecular flexibility index (Phi) is 6.73. The van der Waals surface area contributed by atoms with Crippen LogP contribution in [0.4, 0.5) is 5.69 Å². The number of anilines is 1. The van der Waals surface area contributed by atoms with Crippen molar-refractivity contribution in [2.75, 3.05) is 31.3 Å². The second-order valence-electron chi connectivity index (χ2n) is 7.80. The van der Waals surface area contributed by atoms with Gasteiger partial charge in [0.15, 0.2) is 0 Å². The summed E-state index contributed by atoms with van der Waals surface area (Å²) in [5, 5.41) is 7.46. The highest BCUT2D eigenvalue weighted by atomic mass is 32.2. The van der Waals surface area contributed by atoms with Crippen molar-refractivity contribution < 1.29 is 17.6 Å². The van der Waals surface area contributed by atoms with Gasteiger partial charge in [-0.3, -0.25) is 9.89 Å². The van der Waals surface area contributed by atoms with Gasteiger partial charge in [-0.05, 0) is 67.8 Å². The van der Waals surface area contributed by atoms with Crippen molar-refractivity contribution in [2.45, 2.75) is 29.8 Å². The predicted octanol–water partition coefficient (Wildman–Crippen LogP) is 3.20. The summed E-state index contributed by atoms with van der Waals surface area (Å²) in [5.41, 5.74) is 1.62. The highest BCUT2D eigenvalue weighted by Crippen LogP contribution is 2.31. The van der Waals surface area contributed by atoms with Gasteiger partial charge < -0.3 is 9.32 Å². The van der Waals surface area contributed by atoms with Gasteiger partial charge in [0.25, 0.3) is 0 Å². The first kappa shape index (κ1) is 23.3. The number of rotatable bonds is 7. The topological polar surface area (TPSA) is 112 Å². The zero-order chi connectivity index (χ0) is 23.6. The van der Waals surface area contributed by atoms with Crippen LogP contribution in [0.3, 0.4) is 0 Å². The molecule has 3 heterocycles. The van der Waals surface area contributed by atoms with Gasteiger partial charge >= 0.3 is 0 Å².